The number of carboxylic acid groups (broad SMARTS) is 2. The van der Waals surface area contributed by atoms with E-state index in [0.717, 1.165) is 83.1 Å². The molecule has 2 aliphatic rings. The maximum absolute atomic E-state index is 12.1. The van der Waals surface area contributed by atoms with E-state index in [1.165, 1.54) is 6.07 Å². The van der Waals surface area contributed by atoms with Crippen LogP contribution in [0.5, 0.6) is 0 Å². The van der Waals surface area contributed by atoms with Crippen LogP contribution in [0.15, 0.2) is 94.4 Å². The fourth-order valence-corrected chi connectivity index (χ4v) is 8.79. The lowest BCUT2D eigenvalue weighted by Gasteiger charge is -2.30. The molecule has 12 nitrogen and oxygen atoms in total. The van der Waals surface area contributed by atoms with E-state index in [9.17, 15) is 27.8 Å². The summed E-state index contributed by atoms with van der Waals surface area (Å²) in [5.74, 6) is -1.63. The Morgan fingerprint density at radius 2 is 1.49 bits per heavy atom. The van der Waals surface area contributed by atoms with Gasteiger partial charge in [0.2, 0.25) is 5.69 Å². The number of nitrogens with zero attached hydrogens (tertiary/aromatic N) is 2. The molecule has 2 aromatic rings. The summed E-state index contributed by atoms with van der Waals surface area (Å²) in [7, 11) is -4.41. The van der Waals surface area contributed by atoms with Crippen molar-refractivity contribution in [3.05, 3.63) is 95.8 Å². The highest BCUT2D eigenvalue weighted by molar-refractivity contribution is 7.94. The Bertz CT molecular complexity index is 1970. The zero-order valence-corrected chi connectivity index (χ0v) is 33.5. The van der Waals surface area contributed by atoms with Gasteiger partial charge in [0, 0.05) is 58.8 Å². The van der Waals surface area contributed by atoms with Crippen molar-refractivity contribution in [2.24, 2.45) is 0 Å². The number of likely N-dealkylation sites (N-methyl/N-ethyl adjacent to an activating group) is 1. The summed E-state index contributed by atoms with van der Waals surface area (Å²) in [6.07, 6.45) is 19.8. The van der Waals surface area contributed by atoms with E-state index in [2.05, 4.69) is 45.7 Å². The van der Waals surface area contributed by atoms with Crippen LogP contribution >= 0.6 is 12.0 Å². The van der Waals surface area contributed by atoms with Gasteiger partial charge in [-0.3, -0.25) is 19.2 Å². The Kier molecular flexibility index (Phi) is 15.6. The van der Waals surface area contributed by atoms with Crippen LogP contribution in [0.1, 0.15) is 103 Å². The molecular weight excluding hydrogens is 745 g/mol. The monoisotopic (exact) mass is 796 g/mol. The van der Waals surface area contributed by atoms with Crippen LogP contribution in [0, 0.1) is 0 Å². The summed E-state index contributed by atoms with van der Waals surface area (Å²) in [5.41, 5.74) is 4.95. The largest absolute Gasteiger partial charge is 0.691 e. The second kappa shape index (κ2) is 19.7. The van der Waals surface area contributed by atoms with Crippen molar-refractivity contribution < 1.29 is 52.0 Å². The summed E-state index contributed by atoms with van der Waals surface area (Å²) in [4.78, 5) is 24.9. The lowest BCUT2D eigenvalue weighted by atomic mass is 9.75. The molecule has 0 aliphatic carbocycles. The first kappa shape index (κ1) is 43.7. The molecule has 2 unspecified atom stereocenters. The van der Waals surface area contributed by atoms with Crippen molar-refractivity contribution in [1.82, 2.24) is 0 Å². The molecule has 2 atom stereocenters. The molecule has 2 heterocycles. The van der Waals surface area contributed by atoms with E-state index in [-0.39, 0.29) is 23.2 Å². The highest BCUT2D eigenvalue weighted by Crippen LogP contribution is 2.51. The van der Waals surface area contributed by atoms with E-state index in [1.807, 2.05) is 61.6 Å². The molecule has 3 N–H and O–H groups in total. The number of carbonyl (C=O) groups is 2. The molecule has 2 aliphatic heterocycles. The Labute approximate surface area is 328 Å². The number of anilines is 1. The average Bonchev–Trinajstić information content (AvgIpc) is 3.52. The van der Waals surface area contributed by atoms with Crippen molar-refractivity contribution in [2.75, 3.05) is 18.0 Å². The van der Waals surface area contributed by atoms with Crippen LogP contribution < -0.4 is 10.2 Å². The number of hydrogen-bond acceptors (Lipinski definition) is 9. The average molecular weight is 797 g/mol. The van der Waals surface area contributed by atoms with Crippen molar-refractivity contribution in [3.63, 3.8) is 0 Å². The normalized spacial score (nSPS) is 20.5. The van der Waals surface area contributed by atoms with Crippen molar-refractivity contribution >= 4 is 51.2 Å². The molecular formula is C41H52N2O10S2. The molecule has 0 saturated heterocycles. The first-order valence-corrected chi connectivity index (χ1v) is 20.9. The maximum Gasteiger partial charge on any atom is 0.303 e. The zero-order valence-electron chi connectivity index (χ0n) is 31.9. The van der Waals surface area contributed by atoms with Gasteiger partial charge >= 0.3 is 11.9 Å². The standard InChI is InChI=1S/C41H52N2O10S2/c1-5-42-34-24-22-30(54-53-52-48)28-32(34)40(3,26-16-10-14-20-38(44)45)36(42)18-12-8-7-9-13-19-37-41(4,27-17-11-15-21-39(46)47)33-29-31(55(49,50)51)23-25-35(33)43(37)6-2/h7-9,12-13,18-19,22-25,28-29H,5-6,10-11,14-17,20-21,26-27H2,1-4H3,(H3-,44,45,46,47,48,49,50,51). The van der Waals surface area contributed by atoms with Crippen LogP contribution in [0.3, 0.4) is 0 Å². The summed E-state index contributed by atoms with van der Waals surface area (Å²) in [6.45, 7) is 9.74. The van der Waals surface area contributed by atoms with Crippen LogP contribution in [0.4, 0.5) is 11.4 Å². The van der Waals surface area contributed by atoms with E-state index in [4.69, 9.17) is 10.2 Å². The van der Waals surface area contributed by atoms with Gasteiger partial charge in [0.15, 0.2) is 5.71 Å². The second-order valence-corrected chi connectivity index (χ2v) is 16.4. The third-order valence-electron chi connectivity index (χ3n) is 10.6. The number of aliphatic carboxylic acids is 2. The first-order valence-electron chi connectivity index (χ1n) is 18.7. The Morgan fingerprint density at radius 1 is 0.855 bits per heavy atom. The molecule has 0 spiro atoms. The number of carboxylic acids is 2. The molecule has 14 heteroatoms. The van der Waals surface area contributed by atoms with E-state index in [1.54, 1.807) is 12.1 Å². The third-order valence-corrected chi connectivity index (χ3v) is 12.0. The molecule has 0 bridgehead atoms. The lowest BCUT2D eigenvalue weighted by Crippen LogP contribution is -2.31. The summed E-state index contributed by atoms with van der Waals surface area (Å²) >= 11 is 0.850. The van der Waals surface area contributed by atoms with Crippen LogP contribution in [-0.2, 0) is 39.9 Å². The van der Waals surface area contributed by atoms with E-state index < -0.39 is 27.5 Å². The second-order valence-electron chi connectivity index (χ2n) is 14.2. The summed E-state index contributed by atoms with van der Waals surface area (Å²) < 4.78 is 40.9. The molecule has 0 radical (unpaired) electrons. The van der Waals surface area contributed by atoms with Crippen LogP contribution in [0.2, 0.25) is 0 Å². The number of rotatable bonds is 22. The quantitative estimate of drug-likeness (QED) is 0.0200. The number of hydrogen-bond donors (Lipinski definition) is 3. The number of unbranched alkanes of at least 4 members (excludes halogenated alkanes) is 4. The highest BCUT2D eigenvalue weighted by atomic mass is 32.2. The van der Waals surface area contributed by atoms with Gasteiger partial charge in [-0.2, -0.15) is 17.3 Å². The predicted octanol–water partition coefficient (Wildman–Crippen LogP) is 7.96. The fraction of sp³-hybridized carbons (Fsp3) is 0.439. The van der Waals surface area contributed by atoms with Crippen LogP contribution in [0.25, 0.3) is 0 Å². The molecule has 0 aromatic heterocycles. The topological polar surface area (TPSA) is 177 Å². The highest BCUT2D eigenvalue weighted by Gasteiger charge is 2.47. The first-order chi connectivity index (χ1) is 26.2. The molecule has 2 aromatic carbocycles. The predicted molar refractivity (Wildman–Crippen MR) is 211 cm³/mol. The van der Waals surface area contributed by atoms with Crippen molar-refractivity contribution in [3.8, 4) is 0 Å². The molecule has 0 fully saturated rings. The fourth-order valence-electron chi connectivity index (χ4n) is 7.89. The van der Waals surface area contributed by atoms with E-state index >= 15 is 0 Å². The van der Waals surface area contributed by atoms with E-state index in [0.29, 0.717) is 32.2 Å². The SMILES string of the molecule is CCN1\C(=C/C=C/C=C/C=C/C2=[N+](CC)c3ccc(SOO[O-])cc3C2(C)CCCCCC(=O)O)C(C)(CCCCCC(=O)O)c2cc(S(=O)(=O)O)ccc21. The molecule has 4 rings (SSSR count). The minimum atomic E-state index is -4.41. The van der Waals surface area contributed by atoms with Gasteiger partial charge in [-0.15, -0.1) is 0 Å². The summed E-state index contributed by atoms with van der Waals surface area (Å²) in [6, 6.07) is 10.6. The Balaban J connectivity index is 1.59. The van der Waals surface area contributed by atoms with Gasteiger partial charge in [-0.1, -0.05) is 56.1 Å². The van der Waals surface area contributed by atoms with Crippen molar-refractivity contribution in [1.29, 1.82) is 0 Å². The van der Waals surface area contributed by atoms with Gasteiger partial charge in [0.25, 0.3) is 10.1 Å². The number of benzene rings is 2. The Hall–Kier alpha value is -4.05. The minimum absolute atomic E-state index is 0.0961. The summed E-state index contributed by atoms with van der Waals surface area (Å²) in [5, 5.41) is 32.2. The number of fused-ring (bicyclic) bond motifs is 2. The third kappa shape index (κ3) is 10.6. The van der Waals surface area contributed by atoms with Gasteiger partial charge in [0.05, 0.1) is 22.4 Å². The minimum Gasteiger partial charge on any atom is -0.691 e. The maximum atomic E-state index is 12.1. The smallest absolute Gasteiger partial charge is 0.303 e. The lowest BCUT2D eigenvalue weighted by molar-refractivity contribution is -0.777. The van der Waals surface area contributed by atoms with Crippen LogP contribution in [-0.4, -0.2) is 58.5 Å². The molecule has 0 amide bonds. The zero-order chi connectivity index (χ0) is 40.2. The Morgan fingerprint density at radius 3 is 2.09 bits per heavy atom. The molecule has 0 saturated carbocycles. The van der Waals surface area contributed by atoms with Gasteiger partial charge in [0.1, 0.15) is 6.54 Å². The molecule has 55 heavy (non-hydrogen) atoms. The van der Waals surface area contributed by atoms with Gasteiger partial charge in [-0.25, -0.2) is 0 Å². The molecule has 298 valence electrons. The number of allylic oxidation sites excluding steroid dienone is 8. The van der Waals surface area contributed by atoms with Gasteiger partial charge in [-0.05, 0) is 95.3 Å². The van der Waals surface area contributed by atoms with Crippen molar-refractivity contribution in [2.45, 2.75) is 113 Å². The van der Waals surface area contributed by atoms with Gasteiger partial charge < -0.3 is 20.4 Å².